The highest BCUT2D eigenvalue weighted by molar-refractivity contribution is 5.98. The molecule has 6 unspecified atom stereocenters. The summed E-state index contributed by atoms with van der Waals surface area (Å²) in [5.74, 6) is -0.808. The van der Waals surface area contributed by atoms with Crippen molar-refractivity contribution in [1.29, 1.82) is 0 Å². The summed E-state index contributed by atoms with van der Waals surface area (Å²) in [6.45, 7) is -0.626. The zero-order valence-corrected chi connectivity index (χ0v) is 12.3. The van der Waals surface area contributed by atoms with Crippen LogP contribution in [-0.2, 0) is 14.3 Å². The summed E-state index contributed by atoms with van der Waals surface area (Å²) in [4.78, 5) is 12.0. The van der Waals surface area contributed by atoms with Crippen LogP contribution >= 0.6 is 0 Å². The van der Waals surface area contributed by atoms with Crippen LogP contribution in [0.5, 0.6) is 11.5 Å². The van der Waals surface area contributed by atoms with Crippen molar-refractivity contribution in [2.24, 2.45) is 0 Å². The molecular formula is C14H17NO9. The van der Waals surface area contributed by atoms with Crippen molar-refractivity contribution < 1.29 is 44.5 Å². The molecule has 0 aliphatic carbocycles. The number of amides is 1. The molecule has 2 aliphatic rings. The standard InChI is InChI=1S/C14H17NO9/c16-4-7-9(18)10(19)11(20)13(23-7)24-14-12(21)15-8-5(17)2-1-3-6(8)22-14/h1-3,7,9-11,13-14,16-20H,4H2,(H,15,21). The van der Waals surface area contributed by atoms with E-state index in [0.29, 0.717) is 0 Å². The molecule has 0 spiro atoms. The molecular weight excluding hydrogens is 326 g/mol. The number of anilines is 1. The number of aromatic hydroxyl groups is 1. The molecule has 1 aromatic rings. The molecule has 6 atom stereocenters. The van der Waals surface area contributed by atoms with Crippen LogP contribution in [0.4, 0.5) is 5.69 Å². The van der Waals surface area contributed by atoms with E-state index >= 15 is 0 Å². The molecule has 0 bridgehead atoms. The highest BCUT2D eigenvalue weighted by Crippen LogP contribution is 2.37. The highest BCUT2D eigenvalue weighted by Gasteiger charge is 2.46. The minimum atomic E-state index is -1.66. The minimum Gasteiger partial charge on any atom is -0.506 e. The van der Waals surface area contributed by atoms with Crippen LogP contribution in [0.25, 0.3) is 0 Å². The van der Waals surface area contributed by atoms with Crippen molar-refractivity contribution >= 4 is 11.6 Å². The summed E-state index contributed by atoms with van der Waals surface area (Å²) in [6.07, 6.45) is -9.05. The second kappa shape index (κ2) is 6.51. The van der Waals surface area contributed by atoms with Gasteiger partial charge in [0.05, 0.1) is 6.61 Å². The zero-order chi connectivity index (χ0) is 17.4. The fourth-order valence-electron chi connectivity index (χ4n) is 2.49. The highest BCUT2D eigenvalue weighted by atomic mass is 16.8. The zero-order valence-electron chi connectivity index (χ0n) is 12.3. The van der Waals surface area contributed by atoms with Crippen LogP contribution in [0.2, 0.25) is 0 Å². The molecule has 0 saturated carbocycles. The third kappa shape index (κ3) is 2.90. The van der Waals surface area contributed by atoms with E-state index < -0.39 is 49.5 Å². The molecule has 2 heterocycles. The van der Waals surface area contributed by atoms with Gasteiger partial charge in [-0.2, -0.15) is 0 Å². The van der Waals surface area contributed by atoms with Gasteiger partial charge >= 0.3 is 0 Å². The molecule has 0 radical (unpaired) electrons. The lowest BCUT2D eigenvalue weighted by Crippen LogP contribution is -2.60. The molecule has 1 saturated heterocycles. The van der Waals surface area contributed by atoms with Gasteiger partial charge in [0.1, 0.15) is 35.9 Å². The Morgan fingerprint density at radius 1 is 1.17 bits per heavy atom. The molecule has 1 fully saturated rings. The second-order valence-electron chi connectivity index (χ2n) is 5.42. The summed E-state index contributed by atoms with van der Waals surface area (Å²) in [7, 11) is 0. The average molecular weight is 343 g/mol. The first-order valence-corrected chi connectivity index (χ1v) is 7.18. The predicted octanol–water partition coefficient (Wildman–Crippen LogP) is -2.13. The van der Waals surface area contributed by atoms with Crippen molar-refractivity contribution in [2.45, 2.75) is 37.0 Å². The van der Waals surface area contributed by atoms with E-state index in [0.717, 1.165) is 0 Å². The van der Waals surface area contributed by atoms with Crippen LogP contribution in [0.1, 0.15) is 0 Å². The Balaban J connectivity index is 1.75. The SMILES string of the molecule is O=C1Nc2c(O)cccc2OC1OC1OC(CO)C(O)C(O)C1O. The fraction of sp³-hybridized carbons (Fsp3) is 0.500. The Kier molecular flexibility index (Phi) is 4.58. The van der Waals surface area contributed by atoms with Crippen LogP contribution in [0, 0.1) is 0 Å². The molecule has 6 N–H and O–H groups in total. The first-order chi connectivity index (χ1) is 11.4. The monoisotopic (exact) mass is 343 g/mol. The lowest BCUT2D eigenvalue weighted by Gasteiger charge is -2.40. The van der Waals surface area contributed by atoms with Gasteiger partial charge < -0.3 is 45.1 Å². The number of nitrogens with one attached hydrogen (secondary N) is 1. The Morgan fingerprint density at radius 2 is 1.92 bits per heavy atom. The van der Waals surface area contributed by atoms with Crippen molar-refractivity contribution in [2.75, 3.05) is 11.9 Å². The van der Waals surface area contributed by atoms with Crippen molar-refractivity contribution in [3.8, 4) is 11.5 Å². The number of hydrogen-bond donors (Lipinski definition) is 6. The quantitative estimate of drug-likeness (QED) is 0.337. The number of carbonyl (C=O) groups excluding carboxylic acids is 1. The molecule has 1 aromatic carbocycles. The normalized spacial score (nSPS) is 35.8. The topological polar surface area (TPSA) is 158 Å². The number of hydrogen-bond acceptors (Lipinski definition) is 9. The molecule has 10 nitrogen and oxygen atoms in total. The van der Waals surface area contributed by atoms with Gasteiger partial charge in [-0.3, -0.25) is 4.79 Å². The summed E-state index contributed by atoms with van der Waals surface area (Å²) >= 11 is 0. The lowest BCUT2D eigenvalue weighted by molar-refractivity contribution is -0.322. The van der Waals surface area contributed by atoms with Crippen LogP contribution in [-0.4, -0.2) is 75.0 Å². The first kappa shape index (κ1) is 16.9. The van der Waals surface area contributed by atoms with E-state index in [2.05, 4.69) is 5.32 Å². The number of phenols is 1. The largest absolute Gasteiger partial charge is 0.506 e. The van der Waals surface area contributed by atoms with Crippen LogP contribution in [0.3, 0.4) is 0 Å². The molecule has 1 amide bonds. The molecule has 10 heteroatoms. The number of aliphatic hydroxyl groups is 4. The maximum atomic E-state index is 12.0. The maximum Gasteiger partial charge on any atom is 0.294 e. The number of benzene rings is 1. The van der Waals surface area contributed by atoms with Crippen LogP contribution in [0.15, 0.2) is 18.2 Å². The summed E-state index contributed by atoms with van der Waals surface area (Å²) in [5, 5.41) is 50.5. The minimum absolute atomic E-state index is 0.0798. The van der Waals surface area contributed by atoms with Crippen molar-refractivity contribution in [3.63, 3.8) is 0 Å². The Bertz CT molecular complexity index is 622. The number of carbonyl (C=O) groups is 1. The molecule has 3 rings (SSSR count). The van der Waals surface area contributed by atoms with E-state index in [1.54, 1.807) is 0 Å². The first-order valence-electron chi connectivity index (χ1n) is 7.18. The van der Waals surface area contributed by atoms with Crippen molar-refractivity contribution in [1.82, 2.24) is 0 Å². The summed E-state index contributed by atoms with van der Waals surface area (Å²) in [6, 6.07) is 4.34. The lowest BCUT2D eigenvalue weighted by atomic mass is 9.99. The number of fused-ring (bicyclic) bond motifs is 1. The van der Waals surface area contributed by atoms with Gasteiger partial charge in [0.25, 0.3) is 12.2 Å². The number of aliphatic hydroxyl groups excluding tert-OH is 4. The molecule has 24 heavy (non-hydrogen) atoms. The van der Waals surface area contributed by atoms with Gasteiger partial charge in [-0.05, 0) is 12.1 Å². The van der Waals surface area contributed by atoms with E-state index in [4.69, 9.17) is 19.3 Å². The average Bonchev–Trinajstić information content (AvgIpc) is 2.57. The Morgan fingerprint density at radius 3 is 2.62 bits per heavy atom. The van der Waals surface area contributed by atoms with Crippen LogP contribution < -0.4 is 10.1 Å². The van der Waals surface area contributed by atoms with Gasteiger partial charge in [-0.1, -0.05) is 6.07 Å². The molecule has 0 aromatic heterocycles. The van der Waals surface area contributed by atoms with Gasteiger partial charge in [-0.15, -0.1) is 0 Å². The molecule has 132 valence electrons. The third-order valence-corrected chi connectivity index (χ3v) is 3.81. The van der Waals surface area contributed by atoms with Gasteiger partial charge in [0.15, 0.2) is 12.0 Å². The maximum absolute atomic E-state index is 12.0. The molecule has 2 aliphatic heterocycles. The van der Waals surface area contributed by atoms with Gasteiger partial charge in [0.2, 0.25) is 0 Å². The number of rotatable bonds is 3. The van der Waals surface area contributed by atoms with Gasteiger partial charge in [0, 0.05) is 0 Å². The van der Waals surface area contributed by atoms with E-state index in [1.807, 2.05) is 0 Å². The Labute approximate surface area is 135 Å². The smallest absolute Gasteiger partial charge is 0.294 e. The Hall–Kier alpha value is -1.95. The van der Waals surface area contributed by atoms with Gasteiger partial charge in [-0.25, -0.2) is 0 Å². The number of ether oxygens (including phenoxy) is 3. The van der Waals surface area contributed by atoms with Crippen molar-refractivity contribution in [3.05, 3.63) is 18.2 Å². The number of phenolic OH excluding ortho intramolecular Hbond substituents is 1. The van der Waals surface area contributed by atoms with E-state index in [-0.39, 0.29) is 17.2 Å². The second-order valence-corrected chi connectivity index (χ2v) is 5.42. The number of para-hydroxylation sites is 1. The third-order valence-electron chi connectivity index (χ3n) is 3.81. The predicted molar refractivity (Wildman–Crippen MR) is 76.0 cm³/mol. The van der Waals surface area contributed by atoms with E-state index in [9.17, 15) is 25.2 Å². The fourth-order valence-corrected chi connectivity index (χ4v) is 2.49. The summed E-state index contributed by atoms with van der Waals surface area (Å²) in [5.41, 5.74) is 0.0798. The van der Waals surface area contributed by atoms with E-state index in [1.165, 1.54) is 18.2 Å². The summed E-state index contributed by atoms with van der Waals surface area (Å²) < 4.78 is 15.7.